The second-order valence-corrected chi connectivity index (χ2v) is 8.64. The van der Waals surface area contributed by atoms with E-state index < -0.39 is 0 Å². The molecule has 33 heavy (non-hydrogen) atoms. The van der Waals surface area contributed by atoms with Crippen LogP contribution in [-0.2, 0) is 11.3 Å². The molecule has 0 spiro atoms. The number of nitrogens with zero attached hydrogens (tertiary/aromatic N) is 6. The molecule has 1 aliphatic heterocycles. The zero-order chi connectivity index (χ0) is 23.4. The van der Waals surface area contributed by atoms with Crippen molar-refractivity contribution in [1.29, 1.82) is 0 Å². The predicted octanol–water partition coefficient (Wildman–Crippen LogP) is 2.80. The Balaban J connectivity index is 1.39. The summed E-state index contributed by atoms with van der Waals surface area (Å²) in [5, 5.41) is 3.86. The van der Waals surface area contributed by atoms with Gasteiger partial charge >= 0.3 is 0 Å². The molecule has 11 heteroatoms. The molecule has 0 bridgehead atoms. The minimum Gasteiger partial charge on any atom is -0.495 e. The van der Waals surface area contributed by atoms with Gasteiger partial charge in [0.2, 0.25) is 11.9 Å². The van der Waals surface area contributed by atoms with Crippen molar-refractivity contribution in [3.63, 3.8) is 0 Å². The van der Waals surface area contributed by atoms with Crippen LogP contribution in [0.1, 0.15) is 12.0 Å². The van der Waals surface area contributed by atoms with Crippen molar-refractivity contribution in [1.82, 2.24) is 29.7 Å². The van der Waals surface area contributed by atoms with Gasteiger partial charge in [-0.15, -0.1) is 0 Å². The average molecular weight is 490 g/mol. The first kappa shape index (κ1) is 23.3. The van der Waals surface area contributed by atoms with Gasteiger partial charge in [-0.25, -0.2) is 9.97 Å². The number of carbonyl (C=O) groups is 1. The van der Waals surface area contributed by atoms with Crippen molar-refractivity contribution in [3.8, 4) is 11.7 Å². The summed E-state index contributed by atoms with van der Waals surface area (Å²) in [6, 6.07) is 7.25. The largest absolute Gasteiger partial charge is 0.495 e. The maximum Gasteiger partial charge on any atom is 0.238 e. The first-order valence-corrected chi connectivity index (χ1v) is 11.3. The number of piperazine rings is 1. The lowest BCUT2D eigenvalue weighted by molar-refractivity contribution is -0.122. The van der Waals surface area contributed by atoms with Gasteiger partial charge in [-0.2, -0.15) is 4.98 Å². The van der Waals surface area contributed by atoms with Gasteiger partial charge in [0, 0.05) is 57.1 Å². The molecule has 1 N–H and O–H groups in total. The Labute approximate surface area is 202 Å². The van der Waals surface area contributed by atoms with Crippen molar-refractivity contribution in [2.24, 2.45) is 0 Å². The third-order valence-corrected chi connectivity index (χ3v) is 6.12. The van der Waals surface area contributed by atoms with E-state index in [2.05, 4.69) is 30.1 Å². The van der Waals surface area contributed by atoms with Crippen molar-refractivity contribution in [3.05, 3.63) is 58.7 Å². The van der Waals surface area contributed by atoms with Crippen LogP contribution in [0.2, 0.25) is 10.2 Å². The van der Waals surface area contributed by atoms with Crippen LogP contribution in [0.4, 0.5) is 5.82 Å². The zero-order valence-electron chi connectivity index (χ0n) is 18.4. The Bertz CT molecular complexity index is 1110. The van der Waals surface area contributed by atoms with Gasteiger partial charge in [-0.05, 0) is 24.7 Å². The number of ether oxygens (including phenoxy) is 1. The predicted molar refractivity (Wildman–Crippen MR) is 127 cm³/mol. The molecule has 1 atom stereocenters. The maximum atomic E-state index is 12.7. The minimum absolute atomic E-state index is 0.0273. The van der Waals surface area contributed by atoms with E-state index in [0.29, 0.717) is 41.4 Å². The monoisotopic (exact) mass is 489 g/mol. The number of imidazole rings is 1. The van der Waals surface area contributed by atoms with Gasteiger partial charge in [0.15, 0.2) is 0 Å². The molecular formula is C22H25Cl2N7O2. The number of aromatic nitrogens is 4. The first-order valence-electron chi connectivity index (χ1n) is 10.5. The zero-order valence-corrected chi connectivity index (χ0v) is 19.9. The molecule has 1 unspecified atom stereocenters. The Morgan fingerprint density at radius 2 is 2.09 bits per heavy atom. The van der Waals surface area contributed by atoms with E-state index >= 15 is 0 Å². The Morgan fingerprint density at radius 3 is 2.82 bits per heavy atom. The molecule has 3 heterocycles. The van der Waals surface area contributed by atoms with Crippen LogP contribution < -0.4 is 15.0 Å². The highest BCUT2D eigenvalue weighted by atomic mass is 35.5. The number of amides is 1. The molecule has 0 aliphatic carbocycles. The second kappa shape index (κ2) is 10.4. The van der Waals surface area contributed by atoms with Gasteiger partial charge in [0.05, 0.1) is 12.1 Å². The average Bonchev–Trinajstić information content (AvgIpc) is 3.34. The summed E-state index contributed by atoms with van der Waals surface area (Å²) in [5.74, 6) is 1.77. The van der Waals surface area contributed by atoms with Crippen molar-refractivity contribution in [2.75, 3.05) is 38.7 Å². The van der Waals surface area contributed by atoms with Gasteiger partial charge in [0.25, 0.3) is 0 Å². The van der Waals surface area contributed by atoms with Gasteiger partial charge < -0.3 is 15.0 Å². The van der Waals surface area contributed by atoms with Crippen LogP contribution >= 0.6 is 23.2 Å². The molecule has 174 valence electrons. The summed E-state index contributed by atoms with van der Waals surface area (Å²) in [7, 11) is 3.60. The lowest BCUT2D eigenvalue weighted by atomic mass is 10.1. The van der Waals surface area contributed by atoms with E-state index in [9.17, 15) is 4.79 Å². The Kier molecular flexibility index (Phi) is 7.32. The normalized spacial score (nSPS) is 16.6. The number of rotatable bonds is 7. The SMILES string of the molecule is COc1ccc(CNC(=O)CC2CN(c3cc(Cl)nc(-n4ccnc4)n3)CCN2C)cc1Cl. The lowest BCUT2D eigenvalue weighted by Gasteiger charge is -2.39. The molecule has 1 amide bonds. The van der Waals surface area contributed by atoms with Gasteiger partial charge in [0.1, 0.15) is 23.0 Å². The summed E-state index contributed by atoms with van der Waals surface area (Å²) < 4.78 is 6.88. The van der Waals surface area contributed by atoms with E-state index in [1.54, 1.807) is 48.6 Å². The van der Waals surface area contributed by atoms with Crippen LogP contribution in [0.5, 0.6) is 5.75 Å². The topological polar surface area (TPSA) is 88.4 Å². The summed E-state index contributed by atoms with van der Waals surface area (Å²) in [6.07, 6.45) is 5.42. The number of nitrogens with one attached hydrogen (secondary N) is 1. The molecule has 1 saturated heterocycles. The highest BCUT2D eigenvalue weighted by Crippen LogP contribution is 2.25. The number of hydrogen-bond donors (Lipinski definition) is 1. The van der Waals surface area contributed by atoms with Crippen molar-refractivity contribution >= 4 is 34.9 Å². The molecule has 1 fully saturated rings. The summed E-state index contributed by atoms with van der Waals surface area (Å²) in [6.45, 7) is 2.62. The molecule has 0 radical (unpaired) electrons. The van der Waals surface area contributed by atoms with Crippen LogP contribution in [-0.4, -0.2) is 70.2 Å². The van der Waals surface area contributed by atoms with E-state index in [0.717, 1.165) is 24.5 Å². The molecule has 0 saturated carbocycles. The van der Waals surface area contributed by atoms with E-state index in [-0.39, 0.29) is 11.9 Å². The molecule has 2 aromatic heterocycles. The number of benzene rings is 1. The fourth-order valence-corrected chi connectivity index (χ4v) is 4.18. The fraction of sp³-hybridized carbons (Fsp3) is 0.364. The summed E-state index contributed by atoms with van der Waals surface area (Å²) >= 11 is 12.4. The van der Waals surface area contributed by atoms with Crippen LogP contribution in [0, 0.1) is 0 Å². The fourth-order valence-electron chi connectivity index (χ4n) is 3.73. The summed E-state index contributed by atoms with van der Waals surface area (Å²) in [5.41, 5.74) is 0.912. The molecule has 1 aromatic carbocycles. The van der Waals surface area contributed by atoms with Crippen molar-refractivity contribution in [2.45, 2.75) is 19.0 Å². The Hall–Kier alpha value is -2.88. The number of likely N-dealkylation sites (N-methyl/N-ethyl adjacent to an activating group) is 1. The standard InChI is InChI=1S/C22H25Cl2N7O2/c1-29-7-8-30(20-11-19(24)27-22(28-20)31-6-5-25-14-31)13-16(29)10-21(32)26-12-15-3-4-18(33-2)17(23)9-15/h3-6,9,11,14,16H,7-8,10,12-13H2,1-2H3,(H,26,32). The maximum absolute atomic E-state index is 12.7. The number of carbonyl (C=O) groups excluding carboxylic acids is 1. The number of hydrogen-bond acceptors (Lipinski definition) is 7. The molecular weight excluding hydrogens is 465 g/mol. The third-order valence-electron chi connectivity index (χ3n) is 5.63. The molecule has 4 rings (SSSR count). The third kappa shape index (κ3) is 5.73. The van der Waals surface area contributed by atoms with Gasteiger partial charge in [-0.3, -0.25) is 14.3 Å². The number of halogens is 2. The van der Waals surface area contributed by atoms with Crippen LogP contribution in [0.3, 0.4) is 0 Å². The van der Waals surface area contributed by atoms with E-state index in [1.807, 2.05) is 13.1 Å². The molecule has 1 aliphatic rings. The minimum atomic E-state index is -0.0273. The van der Waals surface area contributed by atoms with Gasteiger partial charge in [-0.1, -0.05) is 29.3 Å². The second-order valence-electron chi connectivity index (χ2n) is 7.85. The number of anilines is 1. The quantitative estimate of drug-likeness (QED) is 0.510. The first-order chi connectivity index (χ1) is 15.9. The Morgan fingerprint density at radius 1 is 1.24 bits per heavy atom. The smallest absolute Gasteiger partial charge is 0.238 e. The van der Waals surface area contributed by atoms with E-state index in [4.69, 9.17) is 27.9 Å². The molecule has 9 nitrogen and oxygen atoms in total. The van der Waals surface area contributed by atoms with Crippen molar-refractivity contribution < 1.29 is 9.53 Å². The highest BCUT2D eigenvalue weighted by Gasteiger charge is 2.27. The summed E-state index contributed by atoms with van der Waals surface area (Å²) in [4.78, 5) is 30.0. The molecule has 3 aromatic rings. The van der Waals surface area contributed by atoms with Crippen LogP contribution in [0.25, 0.3) is 5.95 Å². The lowest BCUT2D eigenvalue weighted by Crippen LogP contribution is -2.53. The number of methoxy groups -OCH3 is 1. The highest BCUT2D eigenvalue weighted by molar-refractivity contribution is 6.32. The van der Waals surface area contributed by atoms with Crippen LogP contribution in [0.15, 0.2) is 43.0 Å². The van der Waals surface area contributed by atoms with E-state index in [1.165, 1.54) is 0 Å².